The number of hydrogen-bond donors (Lipinski definition) is 2. The number of benzene rings is 2. The van der Waals surface area contributed by atoms with E-state index in [1.54, 1.807) is 25.3 Å². The number of nitrogens with zero attached hydrogens (tertiary/aromatic N) is 3. The summed E-state index contributed by atoms with van der Waals surface area (Å²) in [5.74, 6) is 1.18. The molecule has 3 rings (SSSR count). The lowest BCUT2D eigenvalue weighted by Gasteiger charge is -2.09. The second-order valence-electron chi connectivity index (χ2n) is 5.22. The van der Waals surface area contributed by atoms with Crippen LogP contribution < -0.4 is 15.4 Å². The summed E-state index contributed by atoms with van der Waals surface area (Å²) in [6, 6.07) is 14.3. The van der Waals surface area contributed by atoms with Crippen molar-refractivity contribution in [3.05, 3.63) is 60.3 Å². The minimum Gasteiger partial charge on any atom is -0.497 e. The normalized spacial score (nSPS) is 10.1. The Kier molecular flexibility index (Phi) is 5.23. The van der Waals surface area contributed by atoms with E-state index in [0.29, 0.717) is 23.0 Å². The number of anilines is 4. The number of hydrogen-bond acceptors (Lipinski definition) is 8. The molecule has 1 aromatic heterocycles. The van der Waals surface area contributed by atoms with Crippen molar-refractivity contribution in [1.29, 1.82) is 0 Å². The van der Waals surface area contributed by atoms with Crippen LogP contribution in [0.4, 0.5) is 23.1 Å². The molecule has 3 aromatic rings. The highest BCUT2D eigenvalue weighted by molar-refractivity contribution is 5.90. The van der Waals surface area contributed by atoms with Gasteiger partial charge in [0.25, 0.3) is 0 Å². The summed E-state index contributed by atoms with van der Waals surface area (Å²) in [5, 5.41) is 14.0. The molecule has 0 saturated heterocycles. The molecule has 0 fully saturated rings. The minimum absolute atomic E-state index is 0.337. The second-order valence-corrected chi connectivity index (χ2v) is 5.22. The fourth-order valence-electron chi connectivity index (χ4n) is 2.21. The monoisotopic (exact) mass is 351 g/mol. The highest BCUT2D eigenvalue weighted by Crippen LogP contribution is 2.20. The smallest absolute Gasteiger partial charge is 0.337 e. The molecule has 0 amide bonds. The van der Waals surface area contributed by atoms with Gasteiger partial charge in [-0.2, -0.15) is 10.1 Å². The second kappa shape index (κ2) is 7.93. The first-order valence-corrected chi connectivity index (χ1v) is 7.74. The third-order valence-electron chi connectivity index (χ3n) is 3.46. The van der Waals surface area contributed by atoms with E-state index >= 15 is 0 Å². The van der Waals surface area contributed by atoms with Gasteiger partial charge < -0.3 is 20.1 Å². The molecular formula is C18H17N5O3. The highest BCUT2D eigenvalue weighted by Gasteiger charge is 2.07. The summed E-state index contributed by atoms with van der Waals surface area (Å²) in [7, 11) is 2.95. The molecule has 2 N–H and O–H groups in total. The van der Waals surface area contributed by atoms with E-state index in [0.717, 1.165) is 11.4 Å². The molecule has 0 aliphatic carbocycles. The van der Waals surface area contributed by atoms with Crippen molar-refractivity contribution >= 4 is 29.1 Å². The van der Waals surface area contributed by atoms with Gasteiger partial charge in [-0.15, -0.1) is 5.10 Å². The summed E-state index contributed by atoms with van der Waals surface area (Å²) in [5.41, 5.74) is 1.93. The Morgan fingerprint density at radius 1 is 1.00 bits per heavy atom. The number of aromatic nitrogens is 3. The Morgan fingerprint density at radius 2 is 1.81 bits per heavy atom. The molecule has 8 nitrogen and oxygen atoms in total. The third-order valence-corrected chi connectivity index (χ3v) is 3.46. The Labute approximate surface area is 150 Å². The predicted molar refractivity (Wildman–Crippen MR) is 97.2 cm³/mol. The average molecular weight is 351 g/mol. The first-order valence-electron chi connectivity index (χ1n) is 7.74. The van der Waals surface area contributed by atoms with Crippen LogP contribution >= 0.6 is 0 Å². The van der Waals surface area contributed by atoms with Crippen LogP contribution in [0, 0.1) is 0 Å². The Balaban J connectivity index is 1.73. The zero-order valence-corrected chi connectivity index (χ0v) is 14.3. The van der Waals surface area contributed by atoms with Gasteiger partial charge >= 0.3 is 5.97 Å². The quantitative estimate of drug-likeness (QED) is 0.654. The number of carbonyl (C=O) groups is 1. The molecule has 2 aromatic carbocycles. The van der Waals surface area contributed by atoms with Gasteiger partial charge in [0.15, 0.2) is 5.82 Å². The number of rotatable bonds is 6. The molecular weight excluding hydrogens is 334 g/mol. The van der Waals surface area contributed by atoms with Crippen LogP contribution in [0.25, 0.3) is 0 Å². The maximum Gasteiger partial charge on any atom is 0.337 e. The topological polar surface area (TPSA) is 98.3 Å². The van der Waals surface area contributed by atoms with Gasteiger partial charge in [0.2, 0.25) is 5.95 Å². The van der Waals surface area contributed by atoms with Crippen LogP contribution in [0.5, 0.6) is 5.75 Å². The van der Waals surface area contributed by atoms with Crippen molar-refractivity contribution in [2.75, 3.05) is 24.9 Å². The van der Waals surface area contributed by atoms with E-state index in [1.165, 1.54) is 13.3 Å². The van der Waals surface area contributed by atoms with Gasteiger partial charge in [-0.05, 0) is 42.5 Å². The SMILES string of the molecule is COC(=O)c1cccc(Nc2cnnc(Nc3ccc(OC)cc3)n2)c1. The molecule has 1 heterocycles. The number of nitrogens with one attached hydrogen (secondary N) is 2. The van der Waals surface area contributed by atoms with Crippen molar-refractivity contribution < 1.29 is 14.3 Å². The predicted octanol–water partition coefficient (Wildman–Crippen LogP) is 3.15. The zero-order valence-electron chi connectivity index (χ0n) is 14.3. The average Bonchev–Trinajstić information content (AvgIpc) is 2.68. The lowest BCUT2D eigenvalue weighted by atomic mass is 10.2. The van der Waals surface area contributed by atoms with Crippen LogP contribution in [0.3, 0.4) is 0 Å². The van der Waals surface area contributed by atoms with Gasteiger partial charge in [0.05, 0.1) is 26.0 Å². The first-order chi connectivity index (χ1) is 12.7. The van der Waals surface area contributed by atoms with E-state index in [9.17, 15) is 4.79 Å². The Bertz CT molecular complexity index is 899. The van der Waals surface area contributed by atoms with Crippen molar-refractivity contribution in [3.63, 3.8) is 0 Å². The standard InChI is InChI=1S/C18H17N5O3/c1-25-15-8-6-13(7-9-15)21-18-22-16(11-19-23-18)20-14-5-3-4-12(10-14)17(24)26-2/h3-11H,1-2H3,(H2,20,21,22,23). The zero-order chi connectivity index (χ0) is 18.4. The van der Waals surface area contributed by atoms with Crippen molar-refractivity contribution in [3.8, 4) is 5.75 Å². The molecule has 0 saturated carbocycles. The summed E-state index contributed by atoms with van der Waals surface area (Å²) >= 11 is 0. The third kappa shape index (κ3) is 4.23. The molecule has 132 valence electrons. The summed E-state index contributed by atoms with van der Waals surface area (Å²) in [4.78, 5) is 16.0. The van der Waals surface area contributed by atoms with E-state index < -0.39 is 5.97 Å². The molecule has 0 spiro atoms. The molecule has 26 heavy (non-hydrogen) atoms. The molecule has 0 aliphatic rings. The summed E-state index contributed by atoms with van der Waals surface area (Å²) in [6.07, 6.45) is 1.49. The number of methoxy groups -OCH3 is 2. The summed E-state index contributed by atoms with van der Waals surface area (Å²) in [6.45, 7) is 0. The molecule has 0 radical (unpaired) electrons. The highest BCUT2D eigenvalue weighted by atomic mass is 16.5. The van der Waals surface area contributed by atoms with Crippen LogP contribution in [0.15, 0.2) is 54.7 Å². The van der Waals surface area contributed by atoms with E-state index in [-0.39, 0.29) is 0 Å². The van der Waals surface area contributed by atoms with Crippen LogP contribution in [-0.2, 0) is 4.74 Å². The fraction of sp³-hybridized carbons (Fsp3) is 0.111. The van der Waals surface area contributed by atoms with E-state index in [4.69, 9.17) is 9.47 Å². The van der Waals surface area contributed by atoms with Gasteiger partial charge in [-0.25, -0.2) is 4.79 Å². The number of carbonyl (C=O) groups excluding carboxylic acids is 1. The van der Waals surface area contributed by atoms with Gasteiger partial charge in [-0.3, -0.25) is 0 Å². The Morgan fingerprint density at radius 3 is 2.54 bits per heavy atom. The molecule has 0 aliphatic heterocycles. The van der Waals surface area contributed by atoms with Gasteiger partial charge in [-0.1, -0.05) is 6.07 Å². The van der Waals surface area contributed by atoms with Gasteiger partial charge in [0.1, 0.15) is 5.75 Å². The lowest BCUT2D eigenvalue weighted by Crippen LogP contribution is -2.04. The van der Waals surface area contributed by atoms with Crippen LogP contribution in [0.2, 0.25) is 0 Å². The van der Waals surface area contributed by atoms with Gasteiger partial charge in [0, 0.05) is 11.4 Å². The Hall–Kier alpha value is -3.68. The minimum atomic E-state index is -0.406. The number of ether oxygens (including phenoxy) is 2. The number of esters is 1. The largest absolute Gasteiger partial charge is 0.497 e. The van der Waals surface area contributed by atoms with Crippen LogP contribution in [0.1, 0.15) is 10.4 Å². The lowest BCUT2D eigenvalue weighted by molar-refractivity contribution is 0.0601. The first kappa shape index (κ1) is 17.2. The fourth-order valence-corrected chi connectivity index (χ4v) is 2.21. The summed E-state index contributed by atoms with van der Waals surface area (Å²) < 4.78 is 9.84. The molecule has 8 heteroatoms. The molecule has 0 unspecified atom stereocenters. The van der Waals surface area contributed by atoms with Crippen molar-refractivity contribution in [2.45, 2.75) is 0 Å². The van der Waals surface area contributed by atoms with Crippen LogP contribution in [-0.4, -0.2) is 35.4 Å². The maximum absolute atomic E-state index is 11.6. The molecule has 0 bridgehead atoms. The van der Waals surface area contributed by atoms with E-state index in [1.807, 2.05) is 30.3 Å². The molecule has 0 atom stereocenters. The van der Waals surface area contributed by atoms with Crippen molar-refractivity contribution in [1.82, 2.24) is 15.2 Å². The van der Waals surface area contributed by atoms with E-state index in [2.05, 4.69) is 25.8 Å². The van der Waals surface area contributed by atoms with Crippen molar-refractivity contribution in [2.24, 2.45) is 0 Å². The maximum atomic E-state index is 11.6.